The summed E-state index contributed by atoms with van der Waals surface area (Å²) in [6, 6.07) is 6.37. The van der Waals surface area contributed by atoms with Crippen LogP contribution in [-0.4, -0.2) is 37.1 Å². The van der Waals surface area contributed by atoms with E-state index < -0.39 is 4.92 Å². The lowest BCUT2D eigenvalue weighted by atomic mass is 10.0. The molecule has 2 N–H and O–H groups in total. The Morgan fingerprint density at radius 2 is 2.20 bits per heavy atom. The predicted octanol–water partition coefficient (Wildman–Crippen LogP) is 0.445. The Morgan fingerprint density at radius 1 is 1.45 bits per heavy atom. The molecule has 0 bridgehead atoms. The molecule has 0 saturated carbocycles. The Morgan fingerprint density at radius 3 is 2.90 bits per heavy atom. The smallest absolute Gasteiger partial charge is 0.274 e. The standard InChI is InChI=1S/C13H17N3O4/c1-14-11-8-20-7-10(11)13(17)15-6-9-4-2-3-5-12(9)16(18)19/h2-5,10-11,14H,6-8H2,1H3,(H,15,17). The maximum absolute atomic E-state index is 12.1. The topological polar surface area (TPSA) is 93.5 Å². The number of benzene rings is 1. The van der Waals surface area contributed by atoms with Crippen LogP contribution in [0.2, 0.25) is 0 Å². The zero-order chi connectivity index (χ0) is 14.5. The van der Waals surface area contributed by atoms with Gasteiger partial charge in [0.1, 0.15) is 0 Å². The third kappa shape index (κ3) is 3.12. The van der Waals surface area contributed by atoms with Crippen LogP contribution in [0.15, 0.2) is 24.3 Å². The molecule has 2 unspecified atom stereocenters. The Bertz CT molecular complexity index is 506. The number of nitrogens with one attached hydrogen (secondary N) is 2. The molecule has 1 aliphatic rings. The lowest BCUT2D eigenvalue weighted by Crippen LogP contribution is -2.42. The molecule has 1 aromatic carbocycles. The number of carbonyl (C=O) groups is 1. The van der Waals surface area contributed by atoms with Gasteiger partial charge in [-0.3, -0.25) is 14.9 Å². The van der Waals surface area contributed by atoms with E-state index in [1.165, 1.54) is 6.07 Å². The summed E-state index contributed by atoms with van der Waals surface area (Å²) in [5.41, 5.74) is 0.506. The van der Waals surface area contributed by atoms with Crippen LogP contribution in [0.3, 0.4) is 0 Å². The van der Waals surface area contributed by atoms with Crippen molar-refractivity contribution < 1.29 is 14.5 Å². The second kappa shape index (κ2) is 6.44. The molecule has 1 aliphatic heterocycles. The van der Waals surface area contributed by atoms with Crippen molar-refractivity contribution >= 4 is 11.6 Å². The van der Waals surface area contributed by atoms with Crippen LogP contribution in [0.5, 0.6) is 0 Å². The van der Waals surface area contributed by atoms with E-state index in [2.05, 4.69) is 10.6 Å². The highest BCUT2D eigenvalue weighted by Crippen LogP contribution is 2.18. The molecule has 108 valence electrons. The van der Waals surface area contributed by atoms with Crippen LogP contribution in [0.4, 0.5) is 5.69 Å². The van der Waals surface area contributed by atoms with Crippen molar-refractivity contribution in [3.63, 3.8) is 0 Å². The van der Waals surface area contributed by atoms with Crippen molar-refractivity contribution in [1.29, 1.82) is 0 Å². The van der Waals surface area contributed by atoms with Gasteiger partial charge < -0.3 is 15.4 Å². The molecule has 2 atom stereocenters. The molecule has 7 heteroatoms. The number of amides is 1. The molecule has 0 radical (unpaired) electrons. The summed E-state index contributed by atoms with van der Waals surface area (Å²) in [5, 5.41) is 16.6. The van der Waals surface area contributed by atoms with Crippen LogP contribution in [-0.2, 0) is 16.1 Å². The van der Waals surface area contributed by atoms with E-state index in [0.29, 0.717) is 18.8 Å². The van der Waals surface area contributed by atoms with Gasteiger partial charge in [0.25, 0.3) is 5.69 Å². The summed E-state index contributed by atoms with van der Waals surface area (Å²) >= 11 is 0. The van der Waals surface area contributed by atoms with E-state index in [1.54, 1.807) is 25.2 Å². The summed E-state index contributed by atoms with van der Waals surface area (Å²) < 4.78 is 5.26. The van der Waals surface area contributed by atoms with Gasteiger partial charge >= 0.3 is 0 Å². The zero-order valence-corrected chi connectivity index (χ0v) is 11.2. The lowest BCUT2D eigenvalue weighted by Gasteiger charge is -2.16. The first kappa shape index (κ1) is 14.4. The van der Waals surface area contributed by atoms with Crippen molar-refractivity contribution in [3.8, 4) is 0 Å². The number of nitro groups is 1. The van der Waals surface area contributed by atoms with E-state index in [4.69, 9.17) is 4.74 Å². The zero-order valence-electron chi connectivity index (χ0n) is 11.2. The molecule has 1 heterocycles. The number of para-hydroxylation sites is 1. The normalized spacial score (nSPS) is 21.6. The Balaban J connectivity index is 1.98. The van der Waals surface area contributed by atoms with E-state index in [1.807, 2.05) is 0 Å². The minimum absolute atomic E-state index is 0.0132. The number of hydrogen-bond donors (Lipinski definition) is 2. The fraction of sp³-hybridized carbons (Fsp3) is 0.462. The third-order valence-corrected chi connectivity index (χ3v) is 3.43. The molecule has 1 aromatic rings. The Kier molecular flexibility index (Phi) is 4.65. The van der Waals surface area contributed by atoms with Gasteiger partial charge in [0.05, 0.1) is 24.1 Å². The first-order valence-electron chi connectivity index (χ1n) is 6.38. The van der Waals surface area contributed by atoms with E-state index in [0.717, 1.165) is 0 Å². The fourth-order valence-corrected chi connectivity index (χ4v) is 2.25. The Labute approximate surface area is 116 Å². The molecule has 0 aliphatic carbocycles. The molecular formula is C13H17N3O4. The molecule has 1 fully saturated rings. The molecular weight excluding hydrogens is 262 g/mol. The molecule has 7 nitrogen and oxygen atoms in total. The van der Waals surface area contributed by atoms with Crippen molar-refractivity contribution in [2.75, 3.05) is 20.3 Å². The SMILES string of the molecule is CNC1COCC1C(=O)NCc1ccccc1[N+](=O)[O-]. The highest BCUT2D eigenvalue weighted by molar-refractivity contribution is 5.80. The first-order chi connectivity index (χ1) is 9.63. The fourth-order valence-electron chi connectivity index (χ4n) is 2.25. The van der Waals surface area contributed by atoms with Gasteiger partial charge in [0.15, 0.2) is 0 Å². The number of rotatable bonds is 5. The van der Waals surface area contributed by atoms with Gasteiger partial charge in [-0.1, -0.05) is 18.2 Å². The van der Waals surface area contributed by atoms with Crippen molar-refractivity contribution in [2.45, 2.75) is 12.6 Å². The summed E-state index contributed by atoms with van der Waals surface area (Å²) in [4.78, 5) is 22.5. The van der Waals surface area contributed by atoms with Crippen molar-refractivity contribution in [3.05, 3.63) is 39.9 Å². The molecule has 20 heavy (non-hydrogen) atoms. The summed E-state index contributed by atoms with van der Waals surface area (Å²) in [5.74, 6) is -0.414. The quantitative estimate of drug-likeness (QED) is 0.603. The average Bonchev–Trinajstić information content (AvgIpc) is 2.93. The number of nitrogens with zero attached hydrogens (tertiary/aromatic N) is 1. The van der Waals surface area contributed by atoms with E-state index in [9.17, 15) is 14.9 Å². The summed E-state index contributed by atoms with van der Waals surface area (Å²) in [7, 11) is 1.78. The minimum atomic E-state index is -0.448. The number of carbonyl (C=O) groups excluding carboxylic acids is 1. The van der Waals surface area contributed by atoms with Gasteiger partial charge in [0.2, 0.25) is 5.91 Å². The van der Waals surface area contributed by atoms with Crippen molar-refractivity contribution in [1.82, 2.24) is 10.6 Å². The monoisotopic (exact) mass is 279 g/mol. The van der Waals surface area contributed by atoms with Crippen LogP contribution in [0, 0.1) is 16.0 Å². The molecule has 1 saturated heterocycles. The second-order valence-electron chi connectivity index (χ2n) is 4.64. The van der Waals surface area contributed by atoms with Crippen LogP contribution in [0.1, 0.15) is 5.56 Å². The van der Waals surface area contributed by atoms with Crippen LogP contribution in [0.25, 0.3) is 0 Å². The largest absolute Gasteiger partial charge is 0.379 e. The van der Waals surface area contributed by atoms with Gasteiger partial charge in [-0.25, -0.2) is 0 Å². The summed E-state index contributed by atoms with van der Waals surface area (Å²) in [6.45, 7) is 1.01. The van der Waals surface area contributed by atoms with Gasteiger partial charge in [0, 0.05) is 24.2 Å². The second-order valence-corrected chi connectivity index (χ2v) is 4.64. The third-order valence-electron chi connectivity index (χ3n) is 3.43. The minimum Gasteiger partial charge on any atom is -0.379 e. The molecule has 0 spiro atoms. The lowest BCUT2D eigenvalue weighted by molar-refractivity contribution is -0.385. The van der Waals surface area contributed by atoms with E-state index >= 15 is 0 Å². The summed E-state index contributed by atoms with van der Waals surface area (Å²) in [6.07, 6.45) is 0. The van der Waals surface area contributed by atoms with Gasteiger partial charge in [-0.15, -0.1) is 0 Å². The average molecular weight is 279 g/mol. The maximum atomic E-state index is 12.1. The maximum Gasteiger partial charge on any atom is 0.274 e. The molecule has 2 rings (SSSR count). The molecule has 0 aromatic heterocycles. The first-order valence-corrected chi connectivity index (χ1v) is 6.38. The number of hydrogen-bond acceptors (Lipinski definition) is 5. The number of ether oxygens (including phenoxy) is 1. The van der Waals surface area contributed by atoms with Crippen molar-refractivity contribution in [2.24, 2.45) is 5.92 Å². The highest BCUT2D eigenvalue weighted by Gasteiger charge is 2.32. The van der Waals surface area contributed by atoms with Crippen LogP contribution < -0.4 is 10.6 Å². The number of nitro benzene ring substituents is 1. The van der Waals surface area contributed by atoms with Gasteiger partial charge in [-0.2, -0.15) is 0 Å². The van der Waals surface area contributed by atoms with Gasteiger partial charge in [-0.05, 0) is 7.05 Å². The van der Waals surface area contributed by atoms with Crippen LogP contribution >= 0.6 is 0 Å². The Hall–Kier alpha value is -1.99. The van der Waals surface area contributed by atoms with E-state index in [-0.39, 0.29) is 30.1 Å². The highest BCUT2D eigenvalue weighted by atomic mass is 16.6. The molecule has 1 amide bonds. The predicted molar refractivity (Wildman–Crippen MR) is 72.1 cm³/mol. The number of likely N-dealkylation sites (N-methyl/N-ethyl adjacent to an activating group) is 1.